The maximum absolute atomic E-state index is 12.7. The van der Waals surface area contributed by atoms with Crippen LogP contribution >= 0.6 is 0 Å². The summed E-state index contributed by atoms with van der Waals surface area (Å²) in [5, 5.41) is 2.89. The van der Waals surface area contributed by atoms with Crippen molar-refractivity contribution in [2.75, 3.05) is 31.6 Å². The van der Waals surface area contributed by atoms with Crippen LogP contribution < -0.4 is 10.1 Å². The minimum Gasteiger partial charge on any atom is -0.492 e. The Bertz CT molecular complexity index is 837. The van der Waals surface area contributed by atoms with Crippen molar-refractivity contribution in [2.24, 2.45) is 0 Å². The largest absolute Gasteiger partial charge is 0.492 e. The van der Waals surface area contributed by atoms with E-state index >= 15 is 0 Å². The number of aryl methyl sites for hydroxylation is 1. The molecule has 1 aliphatic heterocycles. The number of ketones is 1. The number of carbonyl (C=O) groups is 2. The summed E-state index contributed by atoms with van der Waals surface area (Å²) in [5.41, 5.74) is 2.51. The van der Waals surface area contributed by atoms with Crippen LogP contribution in [0.3, 0.4) is 0 Å². The van der Waals surface area contributed by atoms with Gasteiger partial charge in [-0.1, -0.05) is 6.07 Å². The molecule has 0 spiro atoms. The van der Waals surface area contributed by atoms with Crippen molar-refractivity contribution < 1.29 is 14.3 Å². The predicted molar refractivity (Wildman–Crippen MR) is 104 cm³/mol. The Morgan fingerprint density at radius 2 is 2.04 bits per heavy atom. The van der Waals surface area contributed by atoms with Gasteiger partial charge in [0.05, 0.1) is 11.1 Å². The van der Waals surface area contributed by atoms with Gasteiger partial charge in [0.25, 0.3) is 5.91 Å². The van der Waals surface area contributed by atoms with Crippen molar-refractivity contribution in [3.05, 3.63) is 47.3 Å². The molecule has 2 N–H and O–H groups in total. The topological polar surface area (TPSA) is 74.4 Å². The third-order valence-corrected chi connectivity index (χ3v) is 5.28. The number of H-pyrrole nitrogens is 1. The van der Waals surface area contributed by atoms with E-state index in [1.807, 2.05) is 24.3 Å². The third kappa shape index (κ3) is 4.06. The number of aromatic nitrogens is 1. The standard InChI is InChI=1S/C21H25N3O3/c25-19-8-4-7-18-20(19)17(14-22-18)21(26)23-15-5-3-6-16(13-15)27-12-11-24-9-1-2-10-24/h3,5-6,13-14,22H,1-2,4,7-12H2,(H,23,26). The zero-order chi connectivity index (χ0) is 18.6. The van der Waals surface area contributed by atoms with E-state index in [0.29, 0.717) is 29.8 Å². The number of benzene rings is 1. The summed E-state index contributed by atoms with van der Waals surface area (Å²) in [5.74, 6) is 0.512. The van der Waals surface area contributed by atoms with Crippen molar-refractivity contribution in [3.63, 3.8) is 0 Å². The molecule has 4 rings (SSSR count). The van der Waals surface area contributed by atoms with Crippen molar-refractivity contribution in [1.29, 1.82) is 0 Å². The molecule has 2 aromatic rings. The van der Waals surface area contributed by atoms with E-state index in [-0.39, 0.29) is 11.7 Å². The van der Waals surface area contributed by atoms with Gasteiger partial charge >= 0.3 is 0 Å². The first-order chi connectivity index (χ1) is 13.2. The minimum atomic E-state index is -0.267. The lowest BCUT2D eigenvalue weighted by molar-refractivity contribution is 0.0956. The average molecular weight is 367 g/mol. The normalized spacial score (nSPS) is 17.0. The highest BCUT2D eigenvalue weighted by Gasteiger charge is 2.25. The molecule has 1 fully saturated rings. The Kier molecular flexibility index (Phi) is 5.25. The smallest absolute Gasteiger partial charge is 0.257 e. The van der Waals surface area contributed by atoms with Gasteiger partial charge in [-0.25, -0.2) is 0 Å². The molecule has 6 heteroatoms. The molecular formula is C21H25N3O3. The van der Waals surface area contributed by atoms with Crippen LogP contribution in [0.15, 0.2) is 30.5 Å². The van der Waals surface area contributed by atoms with Crippen molar-refractivity contribution in [3.8, 4) is 5.75 Å². The van der Waals surface area contributed by atoms with Crippen LogP contribution in [-0.2, 0) is 6.42 Å². The summed E-state index contributed by atoms with van der Waals surface area (Å²) in [6.45, 7) is 3.86. The van der Waals surface area contributed by atoms with Crippen molar-refractivity contribution in [1.82, 2.24) is 9.88 Å². The zero-order valence-electron chi connectivity index (χ0n) is 15.4. The molecule has 0 saturated carbocycles. The van der Waals surface area contributed by atoms with Crippen LogP contribution in [0.4, 0.5) is 5.69 Å². The fraction of sp³-hybridized carbons (Fsp3) is 0.429. The fourth-order valence-electron chi connectivity index (χ4n) is 3.87. The number of hydrogen-bond acceptors (Lipinski definition) is 4. The first-order valence-corrected chi connectivity index (χ1v) is 9.71. The lowest BCUT2D eigenvalue weighted by atomic mass is 9.93. The Labute approximate surface area is 158 Å². The molecule has 1 aromatic carbocycles. The van der Waals surface area contributed by atoms with E-state index < -0.39 is 0 Å². The minimum absolute atomic E-state index is 0.0432. The molecule has 1 amide bonds. The van der Waals surface area contributed by atoms with Crippen LogP contribution in [0.25, 0.3) is 0 Å². The molecule has 1 saturated heterocycles. The van der Waals surface area contributed by atoms with E-state index in [9.17, 15) is 9.59 Å². The van der Waals surface area contributed by atoms with Gasteiger partial charge in [0.1, 0.15) is 12.4 Å². The van der Waals surface area contributed by atoms with Crippen LogP contribution in [0.2, 0.25) is 0 Å². The highest BCUT2D eigenvalue weighted by atomic mass is 16.5. The summed E-state index contributed by atoms with van der Waals surface area (Å²) in [6, 6.07) is 7.40. The number of aromatic amines is 1. The first-order valence-electron chi connectivity index (χ1n) is 9.71. The summed E-state index contributed by atoms with van der Waals surface area (Å²) in [7, 11) is 0. The van der Waals surface area contributed by atoms with Gasteiger partial charge in [0.15, 0.2) is 5.78 Å². The van der Waals surface area contributed by atoms with E-state index in [0.717, 1.165) is 43.9 Å². The lowest BCUT2D eigenvalue weighted by Crippen LogP contribution is -2.25. The number of anilines is 1. The summed E-state index contributed by atoms with van der Waals surface area (Å²) >= 11 is 0. The molecule has 6 nitrogen and oxygen atoms in total. The van der Waals surface area contributed by atoms with E-state index in [4.69, 9.17) is 4.74 Å². The van der Waals surface area contributed by atoms with Crippen LogP contribution in [0.1, 0.15) is 52.1 Å². The number of rotatable bonds is 6. The Balaban J connectivity index is 1.38. The van der Waals surface area contributed by atoms with Crippen LogP contribution in [0, 0.1) is 0 Å². The highest BCUT2D eigenvalue weighted by molar-refractivity contribution is 6.13. The Morgan fingerprint density at radius 3 is 2.89 bits per heavy atom. The number of fused-ring (bicyclic) bond motifs is 1. The average Bonchev–Trinajstić information content (AvgIpc) is 3.32. The predicted octanol–water partition coefficient (Wildman–Crippen LogP) is 3.26. The molecule has 142 valence electrons. The number of ether oxygens (including phenoxy) is 1. The van der Waals surface area contributed by atoms with Gasteiger partial charge < -0.3 is 15.0 Å². The Morgan fingerprint density at radius 1 is 1.19 bits per heavy atom. The molecule has 2 aliphatic rings. The molecular weight excluding hydrogens is 342 g/mol. The SMILES string of the molecule is O=C(Nc1cccc(OCCN2CCCC2)c1)c1c[nH]c2c1C(=O)CCC2. The van der Waals surface area contributed by atoms with Crippen molar-refractivity contribution in [2.45, 2.75) is 32.1 Å². The highest BCUT2D eigenvalue weighted by Crippen LogP contribution is 2.25. The first kappa shape index (κ1) is 17.8. The molecule has 2 heterocycles. The molecule has 1 aliphatic carbocycles. The van der Waals surface area contributed by atoms with Gasteiger partial charge in [-0.2, -0.15) is 0 Å². The number of hydrogen-bond donors (Lipinski definition) is 2. The number of likely N-dealkylation sites (tertiary alicyclic amines) is 1. The summed E-state index contributed by atoms with van der Waals surface area (Å²) in [6.07, 6.45) is 6.34. The molecule has 0 atom stereocenters. The maximum Gasteiger partial charge on any atom is 0.257 e. The monoisotopic (exact) mass is 367 g/mol. The summed E-state index contributed by atoms with van der Waals surface area (Å²) in [4.78, 5) is 30.3. The van der Waals surface area contributed by atoms with Gasteiger partial charge in [0, 0.05) is 36.6 Å². The fourth-order valence-corrected chi connectivity index (χ4v) is 3.87. The van der Waals surface area contributed by atoms with E-state index in [1.165, 1.54) is 12.8 Å². The van der Waals surface area contributed by atoms with Gasteiger partial charge in [-0.05, 0) is 50.9 Å². The van der Waals surface area contributed by atoms with Crippen molar-refractivity contribution >= 4 is 17.4 Å². The summed E-state index contributed by atoms with van der Waals surface area (Å²) < 4.78 is 5.84. The zero-order valence-corrected chi connectivity index (χ0v) is 15.4. The van der Waals surface area contributed by atoms with E-state index in [2.05, 4.69) is 15.2 Å². The number of nitrogens with one attached hydrogen (secondary N) is 2. The number of amides is 1. The van der Waals surface area contributed by atoms with Gasteiger partial charge in [0.2, 0.25) is 0 Å². The molecule has 0 bridgehead atoms. The second-order valence-electron chi connectivity index (χ2n) is 7.21. The van der Waals surface area contributed by atoms with Gasteiger partial charge in [-0.15, -0.1) is 0 Å². The maximum atomic E-state index is 12.7. The molecule has 0 unspecified atom stereocenters. The second-order valence-corrected chi connectivity index (χ2v) is 7.21. The lowest BCUT2D eigenvalue weighted by Gasteiger charge is -2.15. The van der Waals surface area contributed by atoms with Gasteiger partial charge in [-0.3, -0.25) is 14.5 Å². The Hall–Kier alpha value is -2.60. The van der Waals surface area contributed by atoms with Crippen LogP contribution in [0.5, 0.6) is 5.75 Å². The number of carbonyl (C=O) groups excluding carboxylic acids is 2. The molecule has 0 radical (unpaired) electrons. The second kappa shape index (κ2) is 7.96. The molecule has 27 heavy (non-hydrogen) atoms. The number of Topliss-reactive ketones (excluding diaryl/α,β-unsaturated/α-hetero) is 1. The molecule has 1 aromatic heterocycles. The quantitative estimate of drug-likeness (QED) is 0.822. The van der Waals surface area contributed by atoms with Crippen LogP contribution in [-0.4, -0.2) is 47.8 Å². The number of nitrogens with zero attached hydrogens (tertiary/aromatic N) is 1. The van der Waals surface area contributed by atoms with E-state index in [1.54, 1.807) is 6.20 Å². The third-order valence-electron chi connectivity index (χ3n) is 5.28.